The molecule has 2 aromatic carbocycles. The maximum Gasteiger partial charge on any atom is 0.142 e. The Bertz CT molecular complexity index is 659. The summed E-state index contributed by atoms with van der Waals surface area (Å²) < 4.78 is 5.98. The number of hydrogen-bond donors (Lipinski definition) is 2. The molecule has 3 nitrogen and oxygen atoms in total. The van der Waals surface area contributed by atoms with Gasteiger partial charge in [-0.25, -0.2) is 0 Å². The van der Waals surface area contributed by atoms with Crippen LogP contribution in [0, 0.1) is 6.92 Å². The van der Waals surface area contributed by atoms with Gasteiger partial charge in [0.2, 0.25) is 0 Å². The van der Waals surface area contributed by atoms with Crippen LogP contribution in [0.4, 0.5) is 0 Å². The van der Waals surface area contributed by atoms with Crippen molar-refractivity contribution in [3.05, 3.63) is 63.1 Å². The first-order valence-electron chi connectivity index (χ1n) is 8.58. The molecule has 0 atom stereocenters. The van der Waals surface area contributed by atoms with E-state index in [1.807, 2.05) is 6.07 Å². The van der Waals surface area contributed by atoms with Crippen molar-refractivity contribution in [3.8, 4) is 5.75 Å². The molecule has 0 radical (unpaired) electrons. The molecule has 136 valence electrons. The van der Waals surface area contributed by atoms with Crippen molar-refractivity contribution in [1.29, 1.82) is 0 Å². The zero-order valence-corrected chi connectivity index (χ0v) is 16.0. The predicted molar refractivity (Wildman–Crippen MR) is 105 cm³/mol. The van der Waals surface area contributed by atoms with E-state index < -0.39 is 0 Å². The van der Waals surface area contributed by atoms with Crippen molar-refractivity contribution in [3.63, 3.8) is 0 Å². The Morgan fingerprint density at radius 1 is 1.04 bits per heavy atom. The van der Waals surface area contributed by atoms with Crippen LogP contribution in [0.5, 0.6) is 5.75 Å². The minimum Gasteiger partial charge on any atom is -0.487 e. The topological polar surface area (TPSA) is 41.5 Å². The van der Waals surface area contributed by atoms with E-state index in [1.54, 1.807) is 6.07 Å². The molecule has 0 bridgehead atoms. The molecule has 0 saturated carbocycles. The normalized spacial score (nSPS) is 10.9. The van der Waals surface area contributed by atoms with Gasteiger partial charge in [-0.1, -0.05) is 53.0 Å². The Morgan fingerprint density at radius 2 is 1.80 bits per heavy atom. The Labute approximate surface area is 159 Å². The molecule has 0 fully saturated rings. The molecule has 0 aromatic heterocycles. The molecule has 0 aliphatic rings. The minimum absolute atomic E-state index is 0.251. The third-order valence-electron chi connectivity index (χ3n) is 3.92. The van der Waals surface area contributed by atoms with Gasteiger partial charge in [0, 0.05) is 23.7 Å². The van der Waals surface area contributed by atoms with Crippen LogP contribution in [0.1, 0.15) is 36.0 Å². The summed E-state index contributed by atoms with van der Waals surface area (Å²) in [5, 5.41) is 13.3. The second-order valence-corrected chi connectivity index (χ2v) is 6.95. The smallest absolute Gasteiger partial charge is 0.142 e. The van der Waals surface area contributed by atoms with Crippen LogP contribution >= 0.6 is 23.2 Å². The van der Waals surface area contributed by atoms with Crippen LogP contribution < -0.4 is 10.1 Å². The largest absolute Gasteiger partial charge is 0.487 e. The molecule has 5 heteroatoms. The van der Waals surface area contributed by atoms with Gasteiger partial charge in [-0.15, -0.1) is 0 Å². The second-order valence-electron chi connectivity index (χ2n) is 6.11. The van der Waals surface area contributed by atoms with Gasteiger partial charge in [0.25, 0.3) is 0 Å². The zero-order valence-electron chi connectivity index (χ0n) is 14.5. The SMILES string of the molecule is Cc1ccc(COc2c(Cl)cc(Cl)cc2CNCCCCCO)cc1. The van der Waals surface area contributed by atoms with Gasteiger partial charge in [0.1, 0.15) is 12.4 Å². The fourth-order valence-electron chi connectivity index (χ4n) is 2.51. The number of nitrogens with one attached hydrogen (secondary N) is 1. The molecule has 0 aliphatic heterocycles. The number of halogens is 2. The van der Waals surface area contributed by atoms with Crippen molar-refractivity contribution in [1.82, 2.24) is 5.32 Å². The van der Waals surface area contributed by atoms with E-state index in [-0.39, 0.29) is 6.61 Å². The van der Waals surface area contributed by atoms with Gasteiger partial charge in [-0.05, 0) is 50.4 Å². The number of hydrogen-bond acceptors (Lipinski definition) is 3. The van der Waals surface area contributed by atoms with Gasteiger partial charge >= 0.3 is 0 Å². The number of rotatable bonds is 10. The van der Waals surface area contributed by atoms with Gasteiger partial charge in [0.15, 0.2) is 0 Å². The molecule has 0 unspecified atom stereocenters. The van der Waals surface area contributed by atoms with Crippen LogP contribution in [0.3, 0.4) is 0 Å². The third kappa shape index (κ3) is 6.87. The number of unbranched alkanes of at least 4 members (excludes halogenated alkanes) is 2. The predicted octanol–water partition coefficient (Wildman–Crippen LogP) is 5.13. The Hall–Kier alpha value is -1.26. The highest BCUT2D eigenvalue weighted by Gasteiger charge is 2.11. The lowest BCUT2D eigenvalue weighted by Gasteiger charge is -2.15. The van der Waals surface area contributed by atoms with E-state index >= 15 is 0 Å². The van der Waals surface area contributed by atoms with Crippen molar-refractivity contribution < 1.29 is 9.84 Å². The lowest BCUT2D eigenvalue weighted by atomic mass is 10.1. The lowest BCUT2D eigenvalue weighted by Crippen LogP contribution is -2.15. The molecule has 0 saturated heterocycles. The van der Waals surface area contributed by atoms with Crippen molar-refractivity contribution in [2.75, 3.05) is 13.2 Å². The fourth-order valence-corrected chi connectivity index (χ4v) is 3.10. The molecule has 25 heavy (non-hydrogen) atoms. The van der Waals surface area contributed by atoms with E-state index in [0.717, 1.165) is 36.9 Å². The number of benzene rings is 2. The Balaban J connectivity index is 1.97. The molecule has 2 rings (SSSR count). The molecule has 0 aliphatic carbocycles. The van der Waals surface area contributed by atoms with E-state index in [0.29, 0.717) is 28.9 Å². The number of ether oxygens (including phenoxy) is 1. The number of aliphatic hydroxyl groups is 1. The summed E-state index contributed by atoms with van der Waals surface area (Å²) in [5.74, 6) is 0.675. The van der Waals surface area contributed by atoms with Crippen molar-refractivity contribution in [2.24, 2.45) is 0 Å². The molecule has 0 amide bonds. The number of aryl methyl sites for hydroxylation is 1. The van der Waals surface area contributed by atoms with E-state index in [4.69, 9.17) is 33.0 Å². The standard InChI is InChI=1S/C20H25Cl2NO2/c1-15-5-7-16(8-6-15)14-25-20-17(11-18(21)12-19(20)22)13-23-9-3-2-4-10-24/h5-8,11-12,23-24H,2-4,9-10,13-14H2,1H3. The van der Waals surface area contributed by atoms with Gasteiger partial charge < -0.3 is 15.2 Å². The summed E-state index contributed by atoms with van der Waals surface area (Å²) in [6.07, 6.45) is 2.88. The average Bonchev–Trinajstić information content (AvgIpc) is 2.58. The Kier molecular flexibility index (Phi) is 8.56. The van der Waals surface area contributed by atoms with Gasteiger partial charge in [0.05, 0.1) is 5.02 Å². The van der Waals surface area contributed by atoms with Crippen molar-refractivity contribution in [2.45, 2.75) is 39.3 Å². The monoisotopic (exact) mass is 381 g/mol. The quantitative estimate of drug-likeness (QED) is 0.560. The summed E-state index contributed by atoms with van der Waals surface area (Å²) in [4.78, 5) is 0. The maximum atomic E-state index is 8.80. The van der Waals surface area contributed by atoms with Gasteiger partial charge in [-0.3, -0.25) is 0 Å². The molecular formula is C20H25Cl2NO2. The first-order valence-corrected chi connectivity index (χ1v) is 9.33. The third-order valence-corrected chi connectivity index (χ3v) is 4.42. The average molecular weight is 382 g/mol. The highest BCUT2D eigenvalue weighted by atomic mass is 35.5. The lowest BCUT2D eigenvalue weighted by molar-refractivity contribution is 0.282. The zero-order chi connectivity index (χ0) is 18.1. The first-order chi connectivity index (χ1) is 12.1. The summed E-state index contributed by atoms with van der Waals surface area (Å²) >= 11 is 12.5. The fraction of sp³-hybridized carbons (Fsp3) is 0.400. The van der Waals surface area contributed by atoms with E-state index in [1.165, 1.54) is 5.56 Å². The maximum absolute atomic E-state index is 8.80. The minimum atomic E-state index is 0.251. The van der Waals surface area contributed by atoms with Crippen LogP contribution in [0.2, 0.25) is 10.0 Å². The van der Waals surface area contributed by atoms with Crippen LogP contribution in [0.25, 0.3) is 0 Å². The highest BCUT2D eigenvalue weighted by molar-refractivity contribution is 6.35. The van der Waals surface area contributed by atoms with Gasteiger partial charge in [-0.2, -0.15) is 0 Å². The summed E-state index contributed by atoms with van der Waals surface area (Å²) in [7, 11) is 0. The summed E-state index contributed by atoms with van der Waals surface area (Å²) in [6.45, 7) is 4.29. The van der Waals surface area contributed by atoms with Crippen LogP contribution in [0.15, 0.2) is 36.4 Å². The number of aliphatic hydroxyl groups excluding tert-OH is 1. The van der Waals surface area contributed by atoms with Crippen LogP contribution in [-0.2, 0) is 13.2 Å². The molecular weight excluding hydrogens is 357 g/mol. The summed E-state index contributed by atoms with van der Waals surface area (Å²) in [5.41, 5.74) is 3.27. The first kappa shape index (κ1) is 20.1. The van der Waals surface area contributed by atoms with Crippen LogP contribution in [-0.4, -0.2) is 18.3 Å². The second kappa shape index (κ2) is 10.7. The van der Waals surface area contributed by atoms with Crippen molar-refractivity contribution >= 4 is 23.2 Å². The summed E-state index contributed by atoms with van der Waals surface area (Å²) in [6, 6.07) is 11.8. The Morgan fingerprint density at radius 3 is 2.52 bits per heavy atom. The van der Waals surface area contributed by atoms with E-state index in [2.05, 4.69) is 36.5 Å². The molecule has 2 aromatic rings. The molecule has 0 spiro atoms. The highest BCUT2D eigenvalue weighted by Crippen LogP contribution is 2.33. The van der Waals surface area contributed by atoms with E-state index in [9.17, 15) is 0 Å². The molecule has 2 N–H and O–H groups in total. The molecule has 0 heterocycles.